The van der Waals surface area contributed by atoms with Crippen LogP contribution in [0.25, 0.3) is 22.6 Å². The number of hydrogen-bond donors (Lipinski definition) is 1. The van der Waals surface area contributed by atoms with Gasteiger partial charge in [0, 0.05) is 28.4 Å². The maximum Gasteiger partial charge on any atom is 0.227 e. The van der Waals surface area contributed by atoms with Crippen LogP contribution < -0.4 is 4.74 Å². The second-order valence-corrected chi connectivity index (χ2v) is 8.07. The number of nitrogens with zero attached hydrogens (tertiary/aromatic N) is 2. The number of fused-ring (bicyclic) bond motifs is 1. The quantitative estimate of drug-likeness (QED) is 0.297. The summed E-state index contributed by atoms with van der Waals surface area (Å²) in [4.78, 5) is 9.11. The lowest BCUT2D eigenvalue weighted by molar-refractivity contribution is 0.318. The molecule has 1 heterocycles. The summed E-state index contributed by atoms with van der Waals surface area (Å²) in [6.45, 7) is 6.67. The minimum Gasteiger partial charge on any atom is -0.504 e. The fourth-order valence-corrected chi connectivity index (χ4v) is 3.62. The number of phenolic OH excluding ortho intramolecular Hbond substituents is 1. The highest BCUT2D eigenvalue weighted by Gasteiger charge is 2.12. The number of aliphatic imine (C=N–C) groups is 1. The van der Waals surface area contributed by atoms with E-state index in [0.29, 0.717) is 34.8 Å². The fraction of sp³-hybridized carbons (Fsp3) is 0.231. The van der Waals surface area contributed by atoms with Crippen molar-refractivity contribution in [3.63, 3.8) is 0 Å². The van der Waals surface area contributed by atoms with Gasteiger partial charge in [-0.05, 0) is 67.3 Å². The summed E-state index contributed by atoms with van der Waals surface area (Å²) in [5.41, 5.74) is 4.98. The van der Waals surface area contributed by atoms with E-state index in [-0.39, 0.29) is 5.75 Å². The SMILES string of the molecule is CCOc1cc(Cl)cc(C=Nc2ccc(-c3nc4cc(C(C)CC)ccc4o3)cc2)c1O. The average molecular weight is 449 g/mol. The zero-order chi connectivity index (χ0) is 22.7. The van der Waals surface area contributed by atoms with Gasteiger partial charge in [0.05, 0.1) is 12.3 Å². The van der Waals surface area contributed by atoms with Gasteiger partial charge in [0.2, 0.25) is 5.89 Å². The second kappa shape index (κ2) is 9.45. The lowest BCUT2D eigenvalue weighted by atomic mass is 9.98. The Balaban J connectivity index is 1.56. The Morgan fingerprint density at radius 2 is 1.91 bits per heavy atom. The molecule has 0 spiro atoms. The van der Waals surface area contributed by atoms with Gasteiger partial charge in [-0.3, -0.25) is 4.99 Å². The van der Waals surface area contributed by atoms with E-state index in [1.54, 1.807) is 18.3 Å². The molecule has 1 N–H and O–H groups in total. The molecule has 1 atom stereocenters. The lowest BCUT2D eigenvalue weighted by Crippen LogP contribution is -1.94. The first kappa shape index (κ1) is 21.9. The van der Waals surface area contributed by atoms with Crippen molar-refractivity contribution in [2.24, 2.45) is 4.99 Å². The number of benzene rings is 3. The van der Waals surface area contributed by atoms with Gasteiger partial charge >= 0.3 is 0 Å². The van der Waals surface area contributed by atoms with Crippen molar-refractivity contribution in [2.75, 3.05) is 6.61 Å². The van der Waals surface area contributed by atoms with E-state index < -0.39 is 0 Å². The molecular formula is C26H25ClN2O3. The molecule has 32 heavy (non-hydrogen) atoms. The molecule has 0 saturated carbocycles. The molecule has 4 aromatic rings. The van der Waals surface area contributed by atoms with Crippen LogP contribution in [0.4, 0.5) is 5.69 Å². The minimum atomic E-state index is 0.0138. The average Bonchev–Trinajstić information content (AvgIpc) is 3.23. The van der Waals surface area contributed by atoms with Crippen LogP contribution in [0, 0.1) is 0 Å². The van der Waals surface area contributed by atoms with Crippen molar-refractivity contribution in [1.29, 1.82) is 0 Å². The zero-order valence-corrected chi connectivity index (χ0v) is 19.1. The Morgan fingerprint density at radius 3 is 2.62 bits per heavy atom. The van der Waals surface area contributed by atoms with Crippen LogP contribution in [0.2, 0.25) is 5.02 Å². The largest absolute Gasteiger partial charge is 0.504 e. The van der Waals surface area contributed by atoms with Gasteiger partial charge in [-0.15, -0.1) is 0 Å². The van der Waals surface area contributed by atoms with E-state index in [9.17, 15) is 5.11 Å². The molecule has 0 amide bonds. The van der Waals surface area contributed by atoms with Crippen LogP contribution in [0.5, 0.6) is 11.5 Å². The minimum absolute atomic E-state index is 0.0138. The third-order valence-electron chi connectivity index (χ3n) is 5.43. The lowest BCUT2D eigenvalue weighted by Gasteiger charge is -2.08. The number of halogens is 1. The van der Waals surface area contributed by atoms with Gasteiger partial charge in [0.15, 0.2) is 17.1 Å². The standard InChI is InChI=1S/C26H25ClN2O3/c1-4-16(3)18-8-11-23-22(13-18)29-26(32-23)17-6-9-21(10-7-17)28-15-19-12-20(27)14-24(25(19)30)31-5-2/h6-16,30H,4-5H2,1-3H3. The van der Waals surface area contributed by atoms with Crippen LogP contribution in [0.15, 0.2) is 64.0 Å². The molecule has 0 bridgehead atoms. The molecule has 0 aliphatic carbocycles. The number of oxazole rings is 1. The van der Waals surface area contributed by atoms with E-state index in [4.69, 9.17) is 20.8 Å². The first-order chi connectivity index (χ1) is 15.5. The Kier molecular flexibility index (Phi) is 6.47. The second-order valence-electron chi connectivity index (χ2n) is 7.64. The molecule has 0 radical (unpaired) electrons. The van der Waals surface area contributed by atoms with Crippen LogP contribution >= 0.6 is 11.6 Å². The monoisotopic (exact) mass is 448 g/mol. The van der Waals surface area contributed by atoms with Crippen LogP contribution in [0.3, 0.4) is 0 Å². The molecule has 1 unspecified atom stereocenters. The normalized spacial score (nSPS) is 12.5. The molecule has 5 nitrogen and oxygen atoms in total. The number of ether oxygens (including phenoxy) is 1. The van der Waals surface area contributed by atoms with E-state index in [2.05, 4.69) is 36.0 Å². The fourth-order valence-electron chi connectivity index (χ4n) is 3.40. The highest BCUT2D eigenvalue weighted by Crippen LogP contribution is 2.33. The first-order valence-corrected chi connectivity index (χ1v) is 11.1. The third-order valence-corrected chi connectivity index (χ3v) is 5.65. The summed E-state index contributed by atoms with van der Waals surface area (Å²) in [5, 5.41) is 10.8. The Labute approximate surface area is 192 Å². The predicted octanol–water partition coefficient (Wildman–Crippen LogP) is 7.52. The molecule has 0 aliphatic heterocycles. The van der Waals surface area contributed by atoms with Crippen molar-refractivity contribution >= 4 is 34.6 Å². The third kappa shape index (κ3) is 4.63. The van der Waals surface area contributed by atoms with E-state index in [1.807, 2.05) is 37.3 Å². The summed E-state index contributed by atoms with van der Waals surface area (Å²) in [6, 6.07) is 17.0. The summed E-state index contributed by atoms with van der Waals surface area (Å²) < 4.78 is 11.4. The van der Waals surface area contributed by atoms with Crippen molar-refractivity contribution < 1.29 is 14.3 Å². The number of phenols is 1. The summed E-state index contributed by atoms with van der Waals surface area (Å²) in [6.07, 6.45) is 2.65. The maximum absolute atomic E-state index is 10.4. The van der Waals surface area contributed by atoms with Crippen LogP contribution in [-0.4, -0.2) is 22.9 Å². The number of hydrogen-bond acceptors (Lipinski definition) is 5. The Hall–Kier alpha value is -3.31. The van der Waals surface area contributed by atoms with Crippen molar-refractivity contribution in [3.05, 3.63) is 70.7 Å². The van der Waals surface area contributed by atoms with Crippen LogP contribution in [-0.2, 0) is 0 Å². The van der Waals surface area contributed by atoms with Crippen molar-refractivity contribution in [2.45, 2.75) is 33.1 Å². The summed E-state index contributed by atoms with van der Waals surface area (Å²) in [7, 11) is 0. The van der Waals surface area contributed by atoms with Gasteiger partial charge in [0.1, 0.15) is 5.52 Å². The van der Waals surface area contributed by atoms with E-state index in [1.165, 1.54) is 5.56 Å². The van der Waals surface area contributed by atoms with Gasteiger partial charge in [-0.1, -0.05) is 31.5 Å². The van der Waals surface area contributed by atoms with Gasteiger partial charge < -0.3 is 14.3 Å². The topological polar surface area (TPSA) is 67.9 Å². The number of aromatic hydroxyl groups is 1. The highest BCUT2D eigenvalue weighted by molar-refractivity contribution is 6.31. The molecule has 0 aliphatic rings. The number of rotatable bonds is 7. The molecule has 0 saturated heterocycles. The Morgan fingerprint density at radius 1 is 1.12 bits per heavy atom. The van der Waals surface area contributed by atoms with E-state index >= 15 is 0 Å². The molecule has 164 valence electrons. The summed E-state index contributed by atoms with van der Waals surface area (Å²) >= 11 is 6.13. The summed E-state index contributed by atoms with van der Waals surface area (Å²) in [5.74, 6) is 1.41. The number of aromatic nitrogens is 1. The highest BCUT2D eigenvalue weighted by atomic mass is 35.5. The molecule has 6 heteroatoms. The molecular weight excluding hydrogens is 424 g/mol. The van der Waals surface area contributed by atoms with E-state index in [0.717, 1.165) is 28.8 Å². The van der Waals surface area contributed by atoms with Gasteiger partial charge in [-0.25, -0.2) is 4.98 Å². The smallest absolute Gasteiger partial charge is 0.227 e. The molecule has 0 fully saturated rings. The molecule has 1 aromatic heterocycles. The van der Waals surface area contributed by atoms with Gasteiger partial charge in [-0.2, -0.15) is 0 Å². The van der Waals surface area contributed by atoms with Crippen molar-refractivity contribution in [3.8, 4) is 23.0 Å². The van der Waals surface area contributed by atoms with Crippen molar-refractivity contribution in [1.82, 2.24) is 4.98 Å². The zero-order valence-electron chi connectivity index (χ0n) is 18.3. The molecule has 3 aromatic carbocycles. The molecule has 4 rings (SSSR count). The van der Waals surface area contributed by atoms with Crippen LogP contribution in [0.1, 0.15) is 44.2 Å². The van der Waals surface area contributed by atoms with Gasteiger partial charge in [0.25, 0.3) is 0 Å². The first-order valence-electron chi connectivity index (χ1n) is 10.7. The maximum atomic E-state index is 10.4. The predicted molar refractivity (Wildman–Crippen MR) is 130 cm³/mol. The Bertz CT molecular complexity index is 1260.